The van der Waals surface area contributed by atoms with Gasteiger partial charge >= 0.3 is 0 Å². The molecule has 2 atom stereocenters. The van der Waals surface area contributed by atoms with Gasteiger partial charge in [0.25, 0.3) is 0 Å². The van der Waals surface area contributed by atoms with E-state index in [0.717, 1.165) is 25.8 Å². The van der Waals surface area contributed by atoms with Crippen molar-refractivity contribution in [2.45, 2.75) is 44.8 Å². The van der Waals surface area contributed by atoms with Gasteiger partial charge < -0.3 is 15.7 Å². The van der Waals surface area contributed by atoms with E-state index in [-0.39, 0.29) is 11.9 Å². The minimum Gasteiger partial charge on any atom is -0.391 e. The number of carbonyl (C=O) groups excluding carboxylic acids is 1. The molecule has 1 saturated heterocycles. The maximum Gasteiger partial charge on any atom is 0.237 e. The molecule has 0 aromatic heterocycles. The van der Waals surface area contributed by atoms with E-state index < -0.39 is 6.10 Å². The molecule has 0 aliphatic carbocycles. The monoisotopic (exact) mass is 200 g/mol. The van der Waals surface area contributed by atoms with E-state index in [0.29, 0.717) is 13.0 Å². The van der Waals surface area contributed by atoms with Crippen molar-refractivity contribution in [3.63, 3.8) is 0 Å². The maximum absolute atomic E-state index is 11.5. The van der Waals surface area contributed by atoms with Gasteiger partial charge in [0, 0.05) is 6.54 Å². The van der Waals surface area contributed by atoms with Crippen LogP contribution in [0, 0.1) is 0 Å². The second-order valence-electron chi connectivity index (χ2n) is 3.81. The molecule has 0 aromatic rings. The Hall–Kier alpha value is -0.610. The van der Waals surface area contributed by atoms with Crippen molar-refractivity contribution < 1.29 is 9.90 Å². The van der Waals surface area contributed by atoms with E-state index in [9.17, 15) is 9.90 Å². The minimum absolute atomic E-state index is 0.0252. The molecule has 0 radical (unpaired) electrons. The van der Waals surface area contributed by atoms with Crippen molar-refractivity contribution in [1.29, 1.82) is 0 Å². The number of nitrogens with one attached hydrogen (secondary N) is 2. The van der Waals surface area contributed by atoms with E-state index in [4.69, 9.17) is 0 Å². The van der Waals surface area contributed by atoms with E-state index in [1.165, 1.54) is 0 Å². The molecule has 0 aromatic carbocycles. The zero-order valence-electron chi connectivity index (χ0n) is 8.75. The summed E-state index contributed by atoms with van der Waals surface area (Å²) in [7, 11) is 0. The van der Waals surface area contributed by atoms with Crippen LogP contribution < -0.4 is 10.6 Å². The summed E-state index contributed by atoms with van der Waals surface area (Å²) in [6.45, 7) is 3.19. The molecule has 4 heteroatoms. The lowest BCUT2D eigenvalue weighted by Crippen LogP contribution is -2.48. The number of amides is 1. The smallest absolute Gasteiger partial charge is 0.237 e. The fourth-order valence-corrected chi connectivity index (χ4v) is 1.56. The lowest BCUT2D eigenvalue weighted by Gasteiger charge is -2.23. The van der Waals surface area contributed by atoms with Gasteiger partial charge in [-0.3, -0.25) is 4.79 Å². The molecular formula is C10H20N2O2. The van der Waals surface area contributed by atoms with Crippen LogP contribution >= 0.6 is 0 Å². The third-order valence-corrected chi connectivity index (χ3v) is 2.61. The van der Waals surface area contributed by atoms with Crippen LogP contribution in [0.15, 0.2) is 0 Å². The Balaban J connectivity index is 2.19. The Morgan fingerprint density at radius 3 is 3.00 bits per heavy atom. The highest BCUT2D eigenvalue weighted by molar-refractivity contribution is 5.81. The van der Waals surface area contributed by atoms with Crippen LogP contribution in [-0.4, -0.2) is 36.2 Å². The minimum atomic E-state index is -0.414. The van der Waals surface area contributed by atoms with Gasteiger partial charge in [0.15, 0.2) is 0 Å². The fourth-order valence-electron chi connectivity index (χ4n) is 1.56. The van der Waals surface area contributed by atoms with Gasteiger partial charge in [-0.1, -0.05) is 13.3 Å². The Kier molecular flexibility index (Phi) is 4.90. The van der Waals surface area contributed by atoms with Gasteiger partial charge in [-0.2, -0.15) is 0 Å². The van der Waals surface area contributed by atoms with Gasteiger partial charge in [-0.25, -0.2) is 0 Å². The SMILES string of the molecule is CCC(O)CNC(=O)C1CCCCN1. The van der Waals surface area contributed by atoms with Crippen LogP contribution in [0.2, 0.25) is 0 Å². The van der Waals surface area contributed by atoms with E-state index in [2.05, 4.69) is 10.6 Å². The number of aliphatic hydroxyl groups excluding tert-OH is 1. The topological polar surface area (TPSA) is 61.4 Å². The standard InChI is InChI=1S/C10H20N2O2/c1-2-8(13)7-12-10(14)9-5-3-4-6-11-9/h8-9,11,13H,2-7H2,1H3,(H,12,14). The molecule has 1 fully saturated rings. The van der Waals surface area contributed by atoms with Crippen molar-refractivity contribution in [3.8, 4) is 0 Å². The second-order valence-corrected chi connectivity index (χ2v) is 3.81. The molecule has 1 aliphatic heterocycles. The van der Waals surface area contributed by atoms with Crippen LogP contribution in [0.1, 0.15) is 32.6 Å². The number of piperidine rings is 1. The predicted molar refractivity (Wildman–Crippen MR) is 54.9 cm³/mol. The molecule has 14 heavy (non-hydrogen) atoms. The summed E-state index contributed by atoms with van der Waals surface area (Å²) in [5.41, 5.74) is 0. The highest BCUT2D eigenvalue weighted by Crippen LogP contribution is 2.06. The van der Waals surface area contributed by atoms with Gasteiger partial charge in [0.2, 0.25) is 5.91 Å². The summed E-state index contributed by atoms with van der Waals surface area (Å²) >= 11 is 0. The van der Waals surface area contributed by atoms with Gasteiger partial charge in [0.1, 0.15) is 0 Å². The Labute approximate surface area is 85.1 Å². The molecular weight excluding hydrogens is 180 g/mol. The molecule has 82 valence electrons. The largest absolute Gasteiger partial charge is 0.391 e. The quantitative estimate of drug-likeness (QED) is 0.599. The Morgan fingerprint density at radius 1 is 1.64 bits per heavy atom. The first-order chi connectivity index (χ1) is 6.74. The van der Waals surface area contributed by atoms with Crippen LogP contribution in [0.25, 0.3) is 0 Å². The molecule has 0 bridgehead atoms. The van der Waals surface area contributed by atoms with Crippen LogP contribution in [0.3, 0.4) is 0 Å². The normalized spacial score (nSPS) is 24.3. The molecule has 3 N–H and O–H groups in total. The van der Waals surface area contributed by atoms with Gasteiger partial charge in [-0.05, 0) is 25.8 Å². The first kappa shape index (κ1) is 11.5. The average Bonchev–Trinajstić information content (AvgIpc) is 2.26. The molecule has 4 nitrogen and oxygen atoms in total. The Bertz CT molecular complexity index is 179. The molecule has 2 unspecified atom stereocenters. The zero-order valence-corrected chi connectivity index (χ0v) is 8.75. The molecule has 1 heterocycles. The van der Waals surface area contributed by atoms with Crippen molar-refractivity contribution >= 4 is 5.91 Å². The second kappa shape index (κ2) is 5.98. The maximum atomic E-state index is 11.5. The first-order valence-corrected chi connectivity index (χ1v) is 5.43. The average molecular weight is 200 g/mol. The van der Waals surface area contributed by atoms with Gasteiger partial charge in [-0.15, -0.1) is 0 Å². The number of aliphatic hydroxyl groups is 1. The van der Waals surface area contributed by atoms with Crippen molar-refractivity contribution in [2.24, 2.45) is 0 Å². The van der Waals surface area contributed by atoms with Gasteiger partial charge in [0.05, 0.1) is 12.1 Å². The summed E-state index contributed by atoms with van der Waals surface area (Å²) in [6.07, 6.45) is 3.44. The van der Waals surface area contributed by atoms with Crippen LogP contribution in [0.5, 0.6) is 0 Å². The predicted octanol–water partition coefficient (Wildman–Crippen LogP) is 0.0156. The number of hydrogen-bond acceptors (Lipinski definition) is 3. The number of hydrogen-bond donors (Lipinski definition) is 3. The summed E-state index contributed by atoms with van der Waals surface area (Å²) in [4.78, 5) is 11.5. The lowest BCUT2D eigenvalue weighted by atomic mass is 10.0. The summed E-state index contributed by atoms with van der Waals surface area (Å²) in [5.74, 6) is 0.0252. The molecule has 0 saturated carbocycles. The molecule has 0 spiro atoms. The third-order valence-electron chi connectivity index (χ3n) is 2.61. The molecule has 1 aliphatic rings. The van der Waals surface area contributed by atoms with Crippen molar-refractivity contribution in [2.75, 3.05) is 13.1 Å². The third kappa shape index (κ3) is 3.64. The van der Waals surface area contributed by atoms with E-state index >= 15 is 0 Å². The van der Waals surface area contributed by atoms with E-state index in [1.807, 2.05) is 6.92 Å². The number of rotatable bonds is 4. The fraction of sp³-hybridized carbons (Fsp3) is 0.900. The van der Waals surface area contributed by atoms with Crippen LogP contribution in [-0.2, 0) is 4.79 Å². The van der Waals surface area contributed by atoms with E-state index in [1.54, 1.807) is 0 Å². The Morgan fingerprint density at radius 2 is 2.43 bits per heavy atom. The van der Waals surface area contributed by atoms with Crippen LogP contribution in [0.4, 0.5) is 0 Å². The van der Waals surface area contributed by atoms with Crippen molar-refractivity contribution in [1.82, 2.24) is 10.6 Å². The molecule has 1 amide bonds. The van der Waals surface area contributed by atoms with Crippen molar-refractivity contribution in [3.05, 3.63) is 0 Å². The zero-order chi connectivity index (χ0) is 10.4. The lowest BCUT2D eigenvalue weighted by molar-refractivity contribution is -0.124. The summed E-state index contributed by atoms with van der Waals surface area (Å²) in [5, 5.41) is 15.2. The highest BCUT2D eigenvalue weighted by Gasteiger charge is 2.20. The summed E-state index contributed by atoms with van der Waals surface area (Å²) < 4.78 is 0. The molecule has 1 rings (SSSR count). The number of carbonyl (C=O) groups is 1. The summed E-state index contributed by atoms with van der Waals surface area (Å²) in [6, 6.07) is -0.0483. The highest BCUT2D eigenvalue weighted by atomic mass is 16.3. The first-order valence-electron chi connectivity index (χ1n) is 5.43.